The number of phenols is 1. The van der Waals surface area contributed by atoms with E-state index in [0.717, 1.165) is 44.6 Å². The van der Waals surface area contributed by atoms with Crippen molar-refractivity contribution < 1.29 is 39.6 Å². The summed E-state index contributed by atoms with van der Waals surface area (Å²) in [7, 11) is 0. The lowest BCUT2D eigenvalue weighted by atomic mass is 9.44. The third kappa shape index (κ3) is 4.42. The Morgan fingerprint density at radius 3 is 2.23 bits per heavy atom. The van der Waals surface area contributed by atoms with Gasteiger partial charge in [0, 0.05) is 34.7 Å². The van der Waals surface area contributed by atoms with E-state index in [4.69, 9.17) is 0 Å². The van der Waals surface area contributed by atoms with Gasteiger partial charge in [-0.15, -0.1) is 0 Å². The van der Waals surface area contributed by atoms with Crippen molar-refractivity contribution in [1.82, 2.24) is 0 Å². The number of hydrogen-bond donors (Lipinski definition) is 4. The minimum absolute atomic E-state index is 0.0320. The first-order valence-corrected chi connectivity index (χ1v) is 16.1. The molecule has 8 nitrogen and oxygen atoms in total. The normalized spacial score (nSPS) is 30.8. The van der Waals surface area contributed by atoms with E-state index < -0.39 is 56.8 Å². The Hall–Kier alpha value is -3.26. The molecular weight excluding hydrogens is 560 g/mol. The van der Waals surface area contributed by atoms with Crippen molar-refractivity contribution in [2.24, 2.45) is 28.6 Å². The van der Waals surface area contributed by atoms with Crippen molar-refractivity contribution in [3.8, 4) is 5.75 Å². The number of fused-ring (bicyclic) bond motifs is 3. The van der Waals surface area contributed by atoms with Gasteiger partial charge >= 0.3 is 0 Å². The number of hydrogen-bond acceptors (Lipinski definition) is 8. The Labute approximate surface area is 259 Å². The maximum atomic E-state index is 14.4. The van der Waals surface area contributed by atoms with Crippen LogP contribution in [-0.4, -0.2) is 49.2 Å². The highest BCUT2D eigenvalue weighted by Gasteiger charge is 2.71. The van der Waals surface area contributed by atoms with E-state index in [0.29, 0.717) is 30.4 Å². The molecule has 0 bridgehead atoms. The summed E-state index contributed by atoms with van der Waals surface area (Å²) in [5.74, 6) is -4.89. The molecule has 4 N–H and O–H groups in total. The first-order chi connectivity index (χ1) is 20.5. The number of aliphatic hydroxyl groups is 3. The van der Waals surface area contributed by atoms with E-state index in [1.54, 1.807) is 13.8 Å². The van der Waals surface area contributed by atoms with Gasteiger partial charge in [0.1, 0.15) is 28.6 Å². The third-order valence-electron chi connectivity index (χ3n) is 11.3. The molecule has 8 heteroatoms. The zero-order valence-corrected chi connectivity index (χ0v) is 26.8. The van der Waals surface area contributed by atoms with Gasteiger partial charge in [-0.2, -0.15) is 0 Å². The van der Waals surface area contributed by atoms with Crippen molar-refractivity contribution in [2.45, 2.75) is 111 Å². The van der Waals surface area contributed by atoms with Crippen molar-refractivity contribution >= 4 is 23.1 Å². The van der Waals surface area contributed by atoms with Crippen LogP contribution in [0.1, 0.15) is 114 Å². The second-order valence-electron chi connectivity index (χ2n) is 14.5. The summed E-state index contributed by atoms with van der Waals surface area (Å²) >= 11 is 0. The second kappa shape index (κ2) is 11.0. The van der Waals surface area contributed by atoms with Crippen LogP contribution in [0.25, 0.3) is 0 Å². The zero-order valence-electron chi connectivity index (χ0n) is 26.8. The van der Waals surface area contributed by atoms with Crippen LogP contribution in [0.2, 0.25) is 0 Å². The molecule has 0 heterocycles. The number of rotatable bonds is 7. The molecule has 0 radical (unpaired) electrons. The first-order valence-electron chi connectivity index (χ1n) is 16.1. The van der Waals surface area contributed by atoms with E-state index in [9.17, 15) is 39.6 Å². The second-order valence-corrected chi connectivity index (χ2v) is 14.5. The summed E-state index contributed by atoms with van der Waals surface area (Å²) < 4.78 is 0. The lowest BCUT2D eigenvalue weighted by molar-refractivity contribution is -0.171. The van der Waals surface area contributed by atoms with E-state index in [1.807, 2.05) is 26.8 Å². The van der Waals surface area contributed by atoms with Crippen LogP contribution in [0.15, 0.2) is 28.7 Å². The summed E-state index contributed by atoms with van der Waals surface area (Å²) in [5, 5.41) is 46.8. The molecule has 4 aliphatic rings. The van der Waals surface area contributed by atoms with Crippen LogP contribution in [0.4, 0.5) is 0 Å². The quantitative estimate of drug-likeness (QED) is 0.277. The lowest BCUT2D eigenvalue weighted by Crippen LogP contribution is -2.67. The Bertz CT molecular complexity index is 1520. The van der Waals surface area contributed by atoms with Crippen molar-refractivity contribution in [2.75, 3.05) is 0 Å². The van der Waals surface area contributed by atoms with Crippen molar-refractivity contribution in [3.05, 3.63) is 51.0 Å². The minimum Gasteiger partial charge on any atom is -0.511 e. The molecule has 238 valence electrons. The summed E-state index contributed by atoms with van der Waals surface area (Å²) in [6.07, 6.45) is 6.51. The molecule has 0 aromatic heterocycles. The first kappa shape index (κ1) is 32.1. The maximum Gasteiger partial charge on any atom is 0.209 e. The fourth-order valence-electron chi connectivity index (χ4n) is 9.32. The molecule has 1 aromatic carbocycles. The molecule has 1 fully saturated rings. The molecule has 1 aromatic rings. The number of carbonyl (C=O) groups excluding carboxylic acids is 4. The number of aliphatic hydroxyl groups excluding tert-OH is 2. The van der Waals surface area contributed by atoms with Crippen LogP contribution in [0.5, 0.6) is 5.75 Å². The van der Waals surface area contributed by atoms with Crippen LogP contribution >= 0.6 is 0 Å². The Morgan fingerprint density at radius 2 is 1.66 bits per heavy atom. The van der Waals surface area contributed by atoms with Gasteiger partial charge < -0.3 is 20.4 Å². The van der Waals surface area contributed by atoms with Crippen LogP contribution < -0.4 is 0 Å². The number of benzene rings is 1. The molecule has 4 atom stereocenters. The van der Waals surface area contributed by atoms with Gasteiger partial charge in [-0.1, -0.05) is 59.9 Å². The SMILES string of the molecule is CCc1cc(CCC(=O)C2CCCCC2)c2c(c1O)C(=O)C1=C(O)[C@@]3(O)C(=O)C(C(C)=O)=C(O)C(C(C)C)[C@@]3(C)C[C@@]1(C)C2. The van der Waals surface area contributed by atoms with Crippen LogP contribution in [0.3, 0.4) is 0 Å². The summed E-state index contributed by atoms with van der Waals surface area (Å²) in [6.45, 7) is 10.0. The number of ketones is 4. The molecule has 44 heavy (non-hydrogen) atoms. The van der Waals surface area contributed by atoms with Gasteiger partial charge in [0.25, 0.3) is 0 Å². The number of aryl methyl sites for hydroxylation is 2. The van der Waals surface area contributed by atoms with Gasteiger partial charge in [-0.05, 0) is 68.1 Å². The molecule has 0 aliphatic heterocycles. The molecular formula is C36H46O8. The van der Waals surface area contributed by atoms with Gasteiger partial charge in [-0.25, -0.2) is 0 Å². The predicted octanol–water partition coefficient (Wildman–Crippen LogP) is 5.99. The van der Waals surface area contributed by atoms with Crippen molar-refractivity contribution in [1.29, 1.82) is 0 Å². The Morgan fingerprint density at radius 1 is 1.02 bits per heavy atom. The smallest absolute Gasteiger partial charge is 0.209 e. The van der Waals surface area contributed by atoms with Gasteiger partial charge in [0.05, 0.1) is 5.56 Å². The highest BCUT2D eigenvalue weighted by Crippen LogP contribution is 2.65. The standard InChI is InChI=1S/C36H46O8/c1-7-20-15-22(13-14-24(38)21-11-9-8-10-12-21)23-16-34(5)17-35(6)27(18(2)3)30(40)25(19(4)37)32(42)36(35,44)33(43)28(34)31(41)26(23)29(20)39/h15,18,21,27,39-40,43-44H,7-14,16-17H2,1-6H3/t27?,34-,35-,36+/m1/s1. The molecule has 4 aliphatic carbocycles. The summed E-state index contributed by atoms with van der Waals surface area (Å²) in [5.41, 5.74) is -3.92. The third-order valence-corrected chi connectivity index (χ3v) is 11.3. The predicted molar refractivity (Wildman–Crippen MR) is 165 cm³/mol. The largest absolute Gasteiger partial charge is 0.511 e. The van der Waals surface area contributed by atoms with Gasteiger partial charge in [0.15, 0.2) is 17.2 Å². The molecule has 0 spiro atoms. The van der Waals surface area contributed by atoms with E-state index in [-0.39, 0.29) is 47.3 Å². The highest BCUT2D eigenvalue weighted by molar-refractivity contribution is 6.25. The van der Waals surface area contributed by atoms with Gasteiger partial charge in [0.2, 0.25) is 5.78 Å². The maximum absolute atomic E-state index is 14.4. The van der Waals surface area contributed by atoms with Gasteiger partial charge in [-0.3, -0.25) is 19.2 Å². The Balaban J connectivity index is 1.67. The van der Waals surface area contributed by atoms with E-state index >= 15 is 0 Å². The monoisotopic (exact) mass is 606 g/mol. The van der Waals surface area contributed by atoms with Crippen LogP contribution in [0, 0.1) is 28.6 Å². The van der Waals surface area contributed by atoms with E-state index in [2.05, 4.69) is 0 Å². The fraction of sp³-hybridized carbons (Fsp3) is 0.611. The molecule has 1 saturated carbocycles. The highest BCUT2D eigenvalue weighted by atomic mass is 16.3. The molecule has 0 saturated heterocycles. The average Bonchev–Trinajstić information content (AvgIpc) is 2.94. The minimum atomic E-state index is -2.63. The number of Topliss-reactive ketones (excluding diaryl/α,β-unsaturated/α-hetero) is 4. The number of aromatic hydroxyl groups is 1. The number of allylic oxidation sites excluding steroid dienone is 2. The van der Waals surface area contributed by atoms with E-state index in [1.165, 1.54) is 0 Å². The lowest BCUT2D eigenvalue weighted by Gasteiger charge is -2.59. The van der Waals surface area contributed by atoms with Crippen LogP contribution in [-0.2, 0) is 33.6 Å². The average molecular weight is 607 g/mol. The zero-order chi connectivity index (χ0) is 32.5. The molecule has 1 unspecified atom stereocenters. The van der Waals surface area contributed by atoms with Crippen molar-refractivity contribution in [3.63, 3.8) is 0 Å². The molecule has 5 rings (SSSR count). The Kier molecular flexibility index (Phi) is 8.01. The summed E-state index contributed by atoms with van der Waals surface area (Å²) in [4.78, 5) is 54.0. The number of carbonyl (C=O) groups is 4. The molecule has 0 amide bonds. The number of phenolic OH excluding ortho intramolecular Hbond substituents is 1. The fourth-order valence-corrected chi connectivity index (χ4v) is 9.32. The summed E-state index contributed by atoms with van der Waals surface area (Å²) in [6, 6.07) is 1.88. The topological polar surface area (TPSA) is 149 Å².